The highest BCUT2D eigenvalue weighted by atomic mass is 16.6. The highest BCUT2D eigenvalue weighted by molar-refractivity contribution is 5.95. The first-order chi connectivity index (χ1) is 11.0. The van der Waals surface area contributed by atoms with Crippen LogP contribution in [0.5, 0.6) is 5.75 Å². The summed E-state index contributed by atoms with van der Waals surface area (Å²) in [6.45, 7) is 2.06. The van der Waals surface area contributed by atoms with Crippen molar-refractivity contribution in [2.45, 2.75) is 26.3 Å². The van der Waals surface area contributed by atoms with Crippen LogP contribution in [0.4, 0.5) is 5.69 Å². The highest BCUT2D eigenvalue weighted by Gasteiger charge is 2.18. The normalized spacial score (nSPS) is 10.3. The molecular weight excluding hydrogens is 304 g/mol. The molecule has 0 spiro atoms. The number of benzene rings is 1. The van der Waals surface area contributed by atoms with Crippen LogP contribution in [0.2, 0.25) is 0 Å². The quantitative estimate of drug-likeness (QED) is 0.610. The van der Waals surface area contributed by atoms with Gasteiger partial charge in [0, 0.05) is 18.1 Å². The number of nitrogens with zero attached hydrogens (tertiary/aromatic N) is 3. The number of carbonyl (C=O) groups is 1. The molecule has 1 heterocycles. The molecule has 9 nitrogen and oxygen atoms in total. The number of amides is 1. The van der Waals surface area contributed by atoms with E-state index in [0.717, 1.165) is 12.5 Å². The van der Waals surface area contributed by atoms with Gasteiger partial charge in [-0.3, -0.25) is 14.9 Å². The van der Waals surface area contributed by atoms with Crippen molar-refractivity contribution in [3.05, 3.63) is 45.6 Å². The Balaban J connectivity index is 2.05. The third-order valence-corrected chi connectivity index (χ3v) is 3.02. The summed E-state index contributed by atoms with van der Waals surface area (Å²) >= 11 is 0. The lowest BCUT2D eigenvalue weighted by atomic mass is 10.1. The Labute approximate surface area is 131 Å². The molecule has 0 aliphatic carbocycles. The van der Waals surface area contributed by atoms with Crippen molar-refractivity contribution in [3.8, 4) is 5.75 Å². The second-order valence-corrected chi connectivity index (χ2v) is 4.68. The molecule has 1 N–H and O–H groups in total. The monoisotopic (exact) mass is 320 g/mol. The van der Waals surface area contributed by atoms with Crippen LogP contribution >= 0.6 is 0 Å². The molecule has 0 saturated carbocycles. The van der Waals surface area contributed by atoms with Gasteiger partial charge in [-0.05, 0) is 18.6 Å². The number of carbonyl (C=O) groups excluding carboxylic acids is 1. The topological polar surface area (TPSA) is 120 Å². The molecule has 0 fully saturated rings. The highest BCUT2D eigenvalue weighted by Crippen LogP contribution is 2.27. The molecule has 0 bridgehead atoms. The maximum atomic E-state index is 12.1. The summed E-state index contributed by atoms with van der Waals surface area (Å²) < 4.78 is 9.90. The van der Waals surface area contributed by atoms with Crippen molar-refractivity contribution in [2.24, 2.45) is 0 Å². The van der Waals surface area contributed by atoms with Crippen molar-refractivity contribution in [3.63, 3.8) is 0 Å². The molecule has 0 aliphatic heterocycles. The Morgan fingerprint density at radius 3 is 2.91 bits per heavy atom. The van der Waals surface area contributed by atoms with Gasteiger partial charge in [0.05, 0.1) is 18.6 Å². The number of nitrogens with one attached hydrogen (secondary N) is 1. The Morgan fingerprint density at radius 2 is 2.26 bits per heavy atom. The molecule has 0 saturated heterocycles. The van der Waals surface area contributed by atoms with E-state index in [-0.39, 0.29) is 23.5 Å². The van der Waals surface area contributed by atoms with Crippen molar-refractivity contribution < 1.29 is 19.0 Å². The van der Waals surface area contributed by atoms with Crippen molar-refractivity contribution in [1.29, 1.82) is 0 Å². The Kier molecular flexibility index (Phi) is 5.23. The van der Waals surface area contributed by atoms with E-state index in [1.807, 2.05) is 6.92 Å². The molecule has 1 aromatic heterocycles. The van der Waals surface area contributed by atoms with Crippen LogP contribution in [0.1, 0.15) is 35.4 Å². The van der Waals surface area contributed by atoms with Crippen LogP contribution in [0.25, 0.3) is 0 Å². The van der Waals surface area contributed by atoms with E-state index in [1.165, 1.54) is 19.2 Å². The molecule has 1 amide bonds. The first-order valence-corrected chi connectivity index (χ1v) is 6.97. The van der Waals surface area contributed by atoms with Crippen molar-refractivity contribution in [1.82, 2.24) is 15.5 Å². The lowest BCUT2D eigenvalue weighted by Crippen LogP contribution is -2.23. The number of nitro benzene ring substituents is 1. The summed E-state index contributed by atoms with van der Waals surface area (Å²) in [5, 5.41) is 17.3. The van der Waals surface area contributed by atoms with Gasteiger partial charge >= 0.3 is 5.69 Å². The van der Waals surface area contributed by atoms with Gasteiger partial charge in [0.1, 0.15) is 0 Å². The molecule has 2 aromatic rings. The van der Waals surface area contributed by atoms with Crippen LogP contribution in [0, 0.1) is 10.1 Å². The van der Waals surface area contributed by atoms with Gasteiger partial charge in [-0.25, -0.2) is 0 Å². The third-order valence-electron chi connectivity index (χ3n) is 3.02. The van der Waals surface area contributed by atoms with E-state index in [4.69, 9.17) is 9.26 Å². The minimum atomic E-state index is -0.605. The molecule has 23 heavy (non-hydrogen) atoms. The standard InChI is InChI=1S/C14H16N4O5/c1-3-4-13-16-12(17-23-13)8-15-14(19)9-5-6-11(22-2)10(7-9)18(20)21/h5-7H,3-4,8H2,1-2H3,(H,15,19). The number of methoxy groups -OCH3 is 1. The van der Waals surface area contributed by atoms with Gasteiger partial charge in [-0.2, -0.15) is 4.98 Å². The number of aryl methyl sites for hydroxylation is 1. The first-order valence-electron chi connectivity index (χ1n) is 6.97. The van der Waals surface area contributed by atoms with Gasteiger partial charge in [0.25, 0.3) is 5.91 Å². The number of nitro groups is 1. The van der Waals surface area contributed by atoms with Crippen LogP contribution in [-0.2, 0) is 13.0 Å². The molecule has 1 aromatic carbocycles. The SMILES string of the molecule is CCCc1nc(CNC(=O)c2ccc(OC)c([N+](=O)[O-])c2)no1. The van der Waals surface area contributed by atoms with Gasteiger partial charge in [-0.15, -0.1) is 0 Å². The fraction of sp³-hybridized carbons (Fsp3) is 0.357. The summed E-state index contributed by atoms with van der Waals surface area (Å²) in [4.78, 5) is 26.5. The number of ether oxygens (including phenoxy) is 1. The minimum Gasteiger partial charge on any atom is -0.490 e. The summed E-state index contributed by atoms with van der Waals surface area (Å²) in [6.07, 6.45) is 1.55. The van der Waals surface area contributed by atoms with Crippen LogP contribution in [0.15, 0.2) is 22.7 Å². The van der Waals surface area contributed by atoms with E-state index in [2.05, 4.69) is 15.5 Å². The predicted octanol–water partition coefficient (Wildman–Crippen LogP) is 1.87. The molecular formula is C14H16N4O5. The summed E-state index contributed by atoms with van der Waals surface area (Å²) in [7, 11) is 1.33. The smallest absolute Gasteiger partial charge is 0.311 e. The lowest BCUT2D eigenvalue weighted by molar-refractivity contribution is -0.385. The fourth-order valence-corrected chi connectivity index (χ4v) is 1.91. The zero-order valence-corrected chi connectivity index (χ0v) is 12.7. The minimum absolute atomic E-state index is 0.0753. The number of rotatable bonds is 7. The first kappa shape index (κ1) is 16.4. The van der Waals surface area contributed by atoms with Crippen LogP contribution in [-0.4, -0.2) is 28.1 Å². The third kappa shape index (κ3) is 4.02. The molecule has 122 valence electrons. The summed E-state index contributed by atoms with van der Waals surface area (Å²) in [5.74, 6) is 0.480. The Morgan fingerprint density at radius 1 is 1.48 bits per heavy atom. The van der Waals surface area contributed by atoms with Crippen molar-refractivity contribution >= 4 is 11.6 Å². The second-order valence-electron chi connectivity index (χ2n) is 4.68. The van der Waals surface area contributed by atoms with Gasteiger partial charge in [-0.1, -0.05) is 12.1 Å². The second kappa shape index (κ2) is 7.34. The molecule has 9 heteroatoms. The molecule has 0 aliphatic rings. The predicted molar refractivity (Wildman–Crippen MR) is 79.1 cm³/mol. The van der Waals surface area contributed by atoms with E-state index < -0.39 is 10.8 Å². The van der Waals surface area contributed by atoms with E-state index in [1.54, 1.807) is 0 Å². The number of hydrogen-bond acceptors (Lipinski definition) is 7. The fourth-order valence-electron chi connectivity index (χ4n) is 1.91. The zero-order chi connectivity index (χ0) is 16.8. The molecule has 0 unspecified atom stereocenters. The van der Waals surface area contributed by atoms with E-state index in [9.17, 15) is 14.9 Å². The lowest BCUT2D eigenvalue weighted by Gasteiger charge is -2.05. The van der Waals surface area contributed by atoms with Crippen LogP contribution in [0.3, 0.4) is 0 Å². The van der Waals surface area contributed by atoms with E-state index >= 15 is 0 Å². The van der Waals surface area contributed by atoms with E-state index in [0.29, 0.717) is 18.1 Å². The maximum absolute atomic E-state index is 12.1. The largest absolute Gasteiger partial charge is 0.490 e. The molecule has 0 atom stereocenters. The average Bonchev–Trinajstić information content (AvgIpc) is 3.00. The Bertz CT molecular complexity index is 713. The zero-order valence-electron chi connectivity index (χ0n) is 12.7. The number of aromatic nitrogens is 2. The maximum Gasteiger partial charge on any atom is 0.311 e. The van der Waals surface area contributed by atoms with Gasteiger partial charge in [0.15, 0.2) is 11.6 Å². The molecule has 2 rings (SSSR count). The molecule has 0 radical (unpaired) electrons. The average molecular weight is 320 g/mol. The van der Waals surface area contributed by atoms with Crippen LogP contribution < -0.4 is 10.1 Å². The summed E-state index contributed by atoms with van der Waals surface area (Å²) in [5.41, 5.74) is -0.125. The van der Waals surface area contributed by atoms with Crippen molar-refractivity contribution in [2.75, 3.05) is 7.11 Å². The Hall–Kier alpha value is -2.97. The van der Waals surface area contributed by atoms with Gasteiger partial charge < -0.3 is 14.6 Å². The van der Waals surface area contributed by atoms with Gasteiger partial charge in [0.2, 0.25) is 5.89 Å². The summed E-state index contributed by atoms with van der Waals surface area (Å²) in [6, 6.07) is 3.98. The number of hydrogen-bond donors (Lipinski definition) is 1.